The normalized spacial score (nSPS) is 13.8. The number of nitrogens with zero attached hydrogens (tertiary/aromatic N) is 2. The molecule has 2 aliphatic heterocycles. The molecule has 0 saturated carbocycles. The molecular weight excluding hydrogens is 852 g/mol. The van der Waals surface area contributed by atoms with E-state index >= 15 is 0 Å². The number of para-hydroxylation sites is 2. The van der Waals surface area contributed by atoms with E-state index in [9.17, 15) is 0 Å². The second-order valence-corrected chi connectivity index (χ2v) is 20.6. The van der Waals surface area contributed by atoms with Crippen molar-refractivity contribution >= 4 is 77.7 Å². The molecule has 0 atom stereocenters. The first-order valence-corrected chi connectivity index (χ1v) is 25.1. The average Bonchev–Trinajstić information content (AvgIpc) is 3.89. The van der Waals surface area contributed by atoms with E-state index < -0.39 is 0 Å². The van der Waals surface area contributed by atoms with Gasteiger partial charge in [-0.05, 0) is 115 Å². The van der Waals surface area contributed by atoms with Crippen LogP contribution in [-0.2, 0) is 18.3 Å². The summed E-state index contributed by atoms with van der Waals surface area (Å²) >= 11 is 1.92. The number of rotatable bonds is 7. The lowest BCUT2D eigenvalue weighted by molar-refractivity contribution is 0.661. The van der Waals surface area contributed by atoms with E-state index in [4.69, 9.17) is 0 Å². The van der Waals surface area contributed by atoms with Gasteiger partial charge in [-0.2, -0.15) is 0 Å². The first-order chi connectivity index (χ1) is 34.0. The molecule has 1 aliphatic carbocycles. The molecule has 0 fully saturated rings. The van der Waals surface area contributed by atoms with E-state index in [1.807, 2.05) is 11.3 Å². The van der Waals surface area contributed by atoms with Gasteiger partial charge in [-0.25, -0.2) is 0 Å². The largest absolute Gasteiger partial charge is 0.376 e. The van der Waals surface area contributed by atoms with Gasteiger partial charge >= 0.3 is 6.85 Å². The minimum absolute atomic E-state index is 0.161. The van der Waals surface area contributed by atoms with Crippen molar-refractivity contribution in [1.82, 2.24) is 0 Å². The average molecular weight is 899 g/mol. The summed E-state index contributed by atoms with van der Waals surface area (Å²) in [6, 6.07) is 84.4. The molecule has 10 aromatic carbocycles. The van der Waals surface area contributed by atoms with Crippen molar-refractivity contribution < 1.29 is 0 Å². The molecule has 0 amide bonds. The van der Waals surface area contributed by atoms with Crippen molar-refractivity contribution in [2.75, 3.05) is 9.71 Å². The molecule has 326 valence electrons. The molecule has 3 heterocycles. The number of benzene rings is 10. The van der Waals surface area contributed by atoms with Crippen LogP contribution in [0.1, 0.15) is 47.2 Å². The van der Waals surface area contributed by atoms with Gasteiger partial charge in [0.2, 0.25) is 0 Å². The number of anilines is 5. The smallest absolute Gasteiger partial charge is 0.333 e. The van der Waals surface area contributed by atoms with Crippen LogP contribution in [0, 0.1) is 0 Å². The molecule has 1 aromatic heterocycles. The van der Waals surface area contributed by atoms with E-state index in [-0.39, 0.29) is 12.3 Å². The molecule has 4 heteroatoms. The summed E-state index contributed by atoms with van der Waals surface area (Å²) in [4.78, 5) is 5.46. The zero-order valence-electron chi connectivity index (χ0n) is 38.7. The Labute approximate surface area is 408 Å². The predicted molar refractivity (Wildman–Crippen MR) is 295 cm³/mol. The Hall–Kier alpha value is -7.92. The molecule has 11 aromatic rings. The lowest BCUT2D eigenvalue weighted by atomic mass is 9.42. The minimum atomic E-state index is -0.245. The Bertz CT molecular complexity index is 3840. The molecule has 0 N–H and O–H groups in total. The molecule has 0 radical (unpaired) electrons. The second-order valence-electron chi connectivity index (χ2n) is 19.5. The molecule has 0 unspecified atom stereocenters. The van der Waals surface area contributed by atoms with Crippen molar-refractivity contribution in [3.05, 3.63) is 258 Å². The van der Waals surface area contributed by atoms with Crippen molar-refractivity contribution in [3.8, 4) is 33.4 Å². The lowest BCUT2D eigenvalue weighted by Gasteiger charge is -2.47. The maximum atomic E-state index is 2.78. The first-order valence-electron chi connectivity index (χ1n) is 24.3. The van der Waals surface area contributed by atoms with Crippen LogP contribution in [0.15, 0.2) is 224 Å². The second kappa shape index (κ2) is 15.6. The highest BCUT2D eigenvalue weighted by atomic mass is 32.1. The zero-order valence-corrected chi connectivity index (χ0v) is 39.5. The van der Waals surface area contributed by atoms with Gasteiger partial charge < -0.3 is 9.71 Å². The quantitative estimate of drug-likeness (QED) is 0.147. The zero-order chi connectivity index (χ0) is 45.8. The van der Waals surface area contributed by atoms with E-state index in [0.29, 0.717) is 0 Å². The number of hydrogen-bond donors (Lipinski definition) is 0. The third kappa shape index (κ3) is 6.11. The van der Waals surface area contributed by atoms with E-state index in [0.717, 1.165) is 12.8 Å². The minimum Gasteiger partial charge on any atom is -0.376 e. The molecule has 3 aliphatic rings. The maximum Gasteiger partial charge on any atom is 0.333 e. The van der Waals surface area contributed by atoms with Crippen LogP contribution in [-0.4, -0.2) is 6.85 Å². The van der Waals surface area contributed by atoms with E-state index in [2.05, 4.69) is 248 Å². The van der Waals surface area contributed by atoms with E-state index in [1.54, 1.807) is 0 Å². The third-order valence-corrected chi connectivity index (χ3v) is 16.4. The summed E-state index contributed by atoms with van der Waals surface area (Å²) in [5, 5.41) is 2.66. The van der Waals surface area contributed by atoms with Gasteiger partial charge in [-0.15, -0.1) is 11.3 Å². The summed E-state index contributed by atoms with van der Waals surface area (Å²) in [6.45, 7) is 4.71. The van der Waals surface area contributed by atoms with Crippen LogP contribution in [0.4, 0.5) is 28.4 Å². The van der Waals surface area contributed by atoms with Crippen molar-refractivity contribution in [1.29, 1.82) is 0 Å². The van der Waals surface area contributed by atoms with E-state index in [1.165, 1.54) is 126 Å². The van der Waals surface area contributed by atoms with Crippen molar-refractivity contribution in [2.45, 2.75) is 32.1 Å². The molecular formula is C65H47BN2S. The molecule has 0 bridgehead atoms. The fraction of sp³-hybridized carbons (Fsp3) is 0.0769. The fourth-order valence-corrected chi connectivity index (χ4v) is 13.5. The van der Waals surface area contributed by atoms with Gasteiger partial charge in [-0.1, -0.05) is 208 Å². The third-order valence-electron chi connectivity index (χ3n) is 15.3. The van der Waals surface area contributed by atoms with Gasteiger partial charge in [0.1, 0.15) is 0 Å². The Balaban J connectivity index is 1.14. The highest BCUT2D eigenvalue weighted by Crippen LogP contribution is 2.57. The van der Waals surface area contributed by atoms with Crippen LogP contribution < -0.4 is 20.6 Å². The Kier molecular flexibility index (Phi) is 9.06. The summed E-state index contributed by atoms with van der Waals surface area (Å²) in [6.07, 6.45) is 1.63. The van der Waals surface area contributed by atoms with Crippen LogP contribution in [0.5, 0.6) is 0 Å². The Morgan fingerprint density at radius 2 is 1.10 bits per heavy atom. The highest BCUT2D eigenvalue weighted by molar-refractivity contribution is 7.26. The standard InChI is InChI=1S/C65H47BN2S/c1-65(2)52-31-15-13-28-48(52)49-30-19-34-55(62(49)65)68-56-40-45(44-24-10-5-11-25-44)36-37-50(56)61-60-51-29-14-17-35-58(51)69-59(60)41-57-63(61)66(68)53-32-18-27-47(39-43-22-8-4-9-23-43)64(53)67(57)54-33-16-12-26-46(54)38-42-20-6-3-7-21-42/h3-37,40-41H,38-39H2,1-2H3. The molecule has 0 saturated heterocycles. The monoisotopic (exact) mass is 898 g/mol. The van der Waals surface area contributed by atoms with Crippen LogP contribution in [0.2, 0.25) is 0 Å². The van der Waals surface area contributed by atoms with Gasteiger partial charge in [0.05, 0.1) is 0 Å². The molecule has 14 rings (SSSR count). The van der Waals surface area contributed by atoms with Crippen molar-refractivity contribution in [3.63, 3.8) is 0 Å². The number of fused-ring (bicyclic) bond motifs is 11. The van der Waals surface area contributed by atoms with Gasteiger partial charge in [0, 0.05) is 59.6 Å². The highest BCUT2D eigenvalue weighted by Gasteiger charge is 2.49. The predicted octanol–water partition coefficient (Wildman–Crippen LogP) is 15.9. The van der Waals surface area contributed by atoms with Crippen LogP contribution >= 0.6 is 11.3 Å². The molecule has 0 spiro atoms. The topological polar surface area (TPSA) is 6.48 Å². The number of thiophene rings is 1. The van der Waals surface area contributed by atoms with Gasteiger partial charge in [0.25, 0.3) is 0 Å². The lowest BCUT2D eigenvalue weighted by Crippen LogP contribution is -2.62. The Morgan fingerprint density at radius 3 is 1.91 bits per heavy atom. The SMILES string of the molecule is CC1(C)c2ccccc2-c2cccc(N3B4c5cccc(Cc6ccccc6)c5N(c5ccccc5Cc5ccccc5)c5cc6sc7ccccc7c6c(c54)-c4ccc(-c5ccccc5)cc43)c21. The Morgan fingerprint density at radius 1 is 0.464 bits per heavy atom. The fourth-order valence-electron chi connectivity index (χ4n) is 12.4. The summed E-state index contributed by atoms with van der Waals surface area (Å²) in [7, 11) is 0. The summed E-state index contributed by atoms with van der Waals surface area (Å²) in [5.74, 6) is 0. The van der Waals surface area contributed by atoms with Gasteiger partial charge in [0.15, 0.2) is 0 Å². The molecule has 2 nitrogen and oxygen atoms in total. The van der Waals surface area contributed by atoms with Crippen LogP contribution in [0.25, 0.3) is 53.6 Å². The molecule has 69 heavy (non-hydrogen) atoms. The number of hydrogen-bond acceptors (Lipinski definition) is 3. The van der Waals surface area contributed by atoms with Gasteiger partial charge in [-0.3, -0.25) is 0 Å². The maximum absolute atomic E-state index is 2.78. The summed E-state index contributed by atoms with van der Waals surface area (Å²) in [5.41, 5.74) is 24.3. The first kappa shape index (κ1) is 40.2. The summed E-state index contributed by atoms with van der Waals surface area (Å²) < 4.78 is 2.62. The van der Waals surface area contributed by atoms with Crippen LogP contribution in [0.3, 0.4) is 0 Å². The van der Waals surface area contributed by atoms with Crippen molar-refractivity contribution in [2.24, 2.45) is 0 Å².